The van der Waals surface area contributed by atoms with Crippen LogP contribution in [0.5, 0.6) is 0 Å². The van der Waals surface area contributed by atoms with E-state index in [4.69, 9.17) is 10.8 Å². The monoisotopic (exact) mass is 307 g/mol. The van der Waals surface area contributed by atoms with Crippen LogP contribution < -0.4 is 5.73 Å². The van der Waals surface area contributed by atoms with Crippen LogP contribution in [0.25, 0.3) is 0 Å². The van der Waals surface area contributed by atoms with Crippen LogP contribution in [-0.2, 0) is 14.4 Å². The third kappa shape index (κ3) is 3.07. The van der Waals surface area contributed by atoms with Crippen LogP contribution in [0, 0.1) is 4.91 Å². The zero-order valence-corrected chi connectivity index (χ0v) is 11.7. The van der Waals surface area contributed by atoms with Gasteiger partial charge in [0.25, 0.3) is 5.91 Å². The molecule has 1 rings (SSSR count). The molecule has 3 N–H and O–H groups in total. The molecule has 1 heterocycles. The molecule has 2 atom stereocenters. The van der Waals surface area contributed by atoms with Crippen molar-refractivity contribution in [3.8, 4) is 0 Å². The summed E-state index contributed by atoms with van der Waals surface area (Å²) < 4.78 is 2.46. The number of nitrogens with zero attached hydrogens (tertiary/aromatic N) is 2. The van der Waals surface area contributed by atoms with E-state index in [0.29, 0.717) is 0 Å². The Morgan fingerprint density at radius 2 is 2.21 bits per heavy atom. The van der Waals surface area contributed by atoms with E-state index in [1.54, 1.807) is 0 Å². The number of ketones is 1. The number of hydrogen-bond donors (Lipinski definition) is 2. The zero-order valence-electron chi connectivity index (χ0n) is 10.1. The Hall–Kier alpha value is -1.13. The number of rotatable bonds is 6. The number of Topliss-reactive ketones (excluding diaryl/α,β-unsaturated/α-hetero) is 1. The SMILES string of the molecule is CCC(=O)C(N)(SN=O)C(=O)N1CSCC1C(=O)O. The molecule has 1 fully saturated rings. The lowest BCUT2D eigenvalue weighted by Gasteiger charge is -2.29. The second kappa shape index (κ2) is 6.35. The largest absolute Gasteiger partial charge is 0.480 e. The van der Waals surface area contributed by atoms with E-state index in [-0.39, 0.29) is 30.0 Å². The summed E-state index contributed by atoms with van der Waals surface area (Å²) >= 11 is 1.36. The van der Waals surface area contributed by atoms with Gasteiger partial charge in [-0.25, -0.2) is 4.79 Å². The van der Waals surface area contributed by atoms with E-state index in [2.05, 4.69) is 4.58 Å². The summed E-state index contributed by atoms with van der Waals surface area (Å²) in [7, 11) is 0. The van der Waals surface area contributed by atoms with Crippen molar-refractivity contribution in [2.24, 2.45) is 10.3 Å². The van der Waals surface area contributed by atoms with E-state index >= 15 is 0 Å². The average Bonchev–Trinajstić information content (AvgIpc) is 2.86. The molecule has 2 unspecified atom stereocenters. The van der Waals surface area contributed by atoms with E-state index in [0.717, 1.165) is 4.90 Å². The Balaban J connectivity index is 3.03. The van der Waals surface area contributed by atoms with E-state index in [1.807, 2.05) is 0 Å². The Morgan fingerprint density at radius 1 is 1.58 bits per heavy atom. The third-order valence-corrected chi connectivity index (χ3v) is 4.44. The molecule has 1 amide bonds. The third-order valence-electron chi connectivity index (χ3n) is 2.66. The molecule has 0 aromatic heterocycles. The fourth-order valence-electron chi connectivity index (χ4n) is 1.59. The molecule has 1 aliphatic heterocycles. The Morgan fingerprint density at radius 3 is 2.68 bits per heavy atom. The molecule has 19 heavy (non-hydrogen) atoms. The molecule has 1 saturated heterocycles. The number of aliphatic carboxylic acids is 1. The highest BCUT2D eigenvalue weighted by Crippen LogP contribution is 2.30. The van der Waals surface area contributed by atoms with Crippen LogP contribution in [0.1, 0.15) is 13.3 Å². The van der Waals surface area contributed by atoms with Crippen molar-refractivity contribution in [1.82, 2.24) is 4.90 Å². The normalized spacial score (nSPS) is 21.8. The summed E-state index contributed by atoms with van der Waals surface area (Å²) in [6, 6.07) is -1.04. The van der Waals surface area contributed by atoms with E-state index in [9.17, 15) is 19.3 Å². The van der Waals surface area contributed by atoms with Gasteiger partial charge in [0.2, 0.25) is 4.87 Å². The van der Waals surface area contributed by atoms with Gasteiger partial charge in [0, 0.05) is 16.8 Å². The average molecular weight is 307 g/mol. The lowest BCUT2D eigenvalue weighted by molar-refractivity contribution is -0.150. The summed E-state index contributed by atoms with van der Waals surface area (Å²) in [5.74, 6) is -2.39. The quantitative estimate of drug-likeness (QED) is 0.304. The van der Waals surface area contributed by atoms with Gasteiger partial charge in [0.1, 0.15) is 6.04 Å². The highest BCUT2D eigenvalue weighted by atomic mass is 32.2. The molecular formula is C9H13N3O5S2. The molecule has 0 aromatic carbocycles. The van der Waals surface area contributed by atoms with Gasteiger partial charge in [0.15, 0.2) is 5.78 Å². The van der Waals surface area contributed by atoms with Crippen molar-refractivity contribution in [1.29, 1.82) is 0 Å². The lowest BCUT2D eigenvalue weighted by atomic mass is 10.1. The van der Waals surface area contributed by atoms with E-state index in [1.165, 1.54) is 18.7 Å². The molecule has 0 spiro atoms. The first-order valence-corrected chi connectivity index (χ1v) is 7.25. The Bertz CT molecular complexity index is 419. The first-order valence-electron chi connectivity index (χ1n) is 5.33. The fraction of sp³-hybridized carbons (Fsp3) is 0.667. The first kappa shape index (κ1) is 15.9. The maximum absolute atomic E-state index is 12.3. The number of thioether (sulfide) groups is 1. The summed E-state index contributed by atoms with van der Waals surface area (Å²) in [6.45, 7) is 1.50. The van der Waals surface area contributed by atoms with Gasteiger partial charge in [-0.1, -0.05) is 6.92 Å². The number of carbonyl (C=O) groups excluding carboxylic acids is 2. The number of carbonyl (C=O) groups is 3. The number of nitrogens with two attached hydrogens (primary N) is 1. The highest BCUT2D eigenvalue weighted by Gasteiger charge is 2.49. The van der Waals surface area contributed by atoms with E-state index < -0.39 is 28.6 Å². The first-order chi connectivity index (χ1) is 8.88. The minimum atomic E-state index is -2.14. The standard InChI is InChI=1S/C9H13N3O5S2/c1-2-6(13)9(10,19-11-17)8(16)12-4-18-3-5(12)7(14)15/h5H,2-4,10H2,1H3,(H,14,15). The van der Waals surface area contributed by atoms with Crippen LogP contribution in [-0.4, -0.2) is 50.2 Å². The minimum Gasteiger partial charge on any atom is -0.480 e. The number of carboxylic acid groups (broad SMARTS) is 1. The van der Waals surface area contributed by atoms with Crippen molar-refractivity contribution in [3.05, 3.63) is 4.91 Å². The van der Waals surface area contributed by atoms with Crippen LogP contribution in [0.4, 0.5) is 0 Å². The highest BCUT2D eigenvalue weighted by molar-refractivity contribution is 8.01. The lowest BCUT2D eigenvalue weighted by Crippen LogP contribution is -2.59. The van der Waals surface area contributed by atoms with Gasteiger partial charge in [-0.05, 0) is 0 Å². The molecule has 106 valence electrons. The van der Waals surface area contributed by atoms with Gasteiger partial charge in [-0.2, -0.15) is 0 Å². The second-order valence-corrected chi connectivity index (χ2v) is 5.78. The molecule has 0 bridgehead atoms. The van der Waals surface area contributed by atoms with Crippen molar-refractivity contribution in [2.45, 2.75) is 24.3 Å². The molecule has 0 saturated carbocycles. The fourth-order valence-corrected chi connectivity index (χ4v) is 3.30. The number of nitroso groups, excluding NO2 is 1. The molecule has 1 aliphatic rings. The molecule has 0 aliphatic carbocycles. The van der Waals surface area contributed by atoms with Crippen molar-refractivity contribution in [3.63, 3.8) is 0 Å². The molecule has 10 heteroatoms. The van der Waals surface area contributed by atoms with Crippen molar-refractivity contribution in [2.75, 3.05) is 11.6 Å². The van der Waals surface area contributed by atoms with Crippen molar-refractivity contribution < 1.29 is 19.5 Å². The molecule has 0 radical (unpaired) electrons. The van der Waals surface area contributed by atoms with Crippen molar-refractivity contribution >= 4 is 41.4 Å². The number of amides is 1. The summed E-state index contributed by atoms with van der Waals surface area (Å²) in [4.78, 5) is 44.2. The second-order valence-electron chi connectivity index (χ2n) is 3.81. The summed E-state index contributed by atoms with van der Waals surface area (Å²) in [6.07, 6.45) is -0.0521. The maximum Gasteiger partial charge on any atom is 0.327 e. The zero-order chi connectivity index (χ0) is 14.6. The van der Waals surface area contributed by atoms with Crippen LogP contribution in [0.2, 0.25) is 0 Å². The van der Waals surface area contributed by atoms with Crippen LogP contribution in [0.15, 0.2) is 4.58 Å². The summed E-state index contributed by atoms with van der Waals surface area (Å²) in [5.41, 5.74) is 5.67. The maximum atomic E-state index is 12.3. The molecule has 8 nitrogen and oxygen atoms in total. The minimum absolute atomic E-state index is 0.0521. The van der Waals surface area contributed by atoms with Gasteiger partial charge in [-0.3, -0.25) is 9.59 Å². The van der Waals surface area contributed by atoms with Gasteiger partial charge >= 0.3 is 5.97 Å². The van der Waals surface area contributed by atoms with Crippen LogP contribution in [0.3, 0.4) is 0 Å². The topological polar surface area (TPSA) is 130 Å². The van der Waals surface area contributed by atoms with Gasteiger partial charge in [0.05, 0.1) is 17.8 Å². The Labute approximate surface area is 117 Å². The van der Waals surface area contributed by atoms with Gasteiger partial charge < -0.3 is 15.7 Å². The summed E-state index contributed by atoms with van der Waals surface area (Å²) in [5, 5.41) is 9.00. The predicted octanol–water partition coefficient (Wildman–Crippen LogP) is 0.0212. The number of carboxylic acids is 1. The number of hydrogen-bond acceptors (Lipinski definition) is 8. The van der Waals surface area contributed by atoms with Crippen LogP contribution >= 0.6 is 23.7 Å². The smallest absolute Gasteiger partial charge is 0.327 e. The van der Waals surface area contributed by atoms with Gasteiger partial charge in [-0.15, -0.1) is 16.7 Å². The predicted molar refractivity (Wildman–Crippen MR) is 71.2 cm³/mol. The molecular weight excluding hydrogens is 294 g/mol. The Kier molecular flexibility index (Phi) is 5.32. The molecule has 0 aromatic rings.